The third kappa shape index (κ3) is 3.46. The Hall–Kier alpha value is -0.540. The molecule has 17 heavy (non-hydrogen) atoms. The van der Waals surface area contributed by atoms with Gasteiger partial charge in [0.2, 0.25) is 0 Å². The minimum absolute atomic E-state index is 0.578. The normalized spacial score (nSPS) is 22.0. The van der Waals surface area contributed by atoms with Gasteiger partial charge < -0.3 is 0 Å². The van der Waals surface area contributed by atoms with Crippen molar-refractivity contribution in [3.8, 4) is 0 Å². The van der Waals surface area contributed by atoms with E-state index in [1.165, 1.54) is 31.4 Å². The zero-order valence-electron chi connectivity index (χ0n) is 11.0. The summed E-state index contributed by atoms with van der Waals surface area (Å²) >= 11 is 1.83. The van der Waals surface area contributed by atoms with E-state index in [0.29, 0.717) is 11.3 Å². The van der Waals surface area contributed by atoms with Crippen LogP contribution >= 0.6 is 11.8 Å². The van der Waals surface area contributed by atoms with Gasteiger partial charge in [0.25, 0.3) is 0 Å². The Morgan fingerprint density at radius 3 is 2.76 bits per heavy atom. The van der Waals surface area contributed by atoms with E-state index in [1.807, 2.05) is 11.8 Å². The molecule has 2 heterocycles. The second kappa shape index (κ2) is 5.87. The SMILES string of the molecule is CC(C)Sc1ccc([C@@H]2CCCCN2C)cn1. The van der Waals surface area contributed by atoms with Crippen LogP contribution in [0.2, 0.25) is 0 Å². The Morgan fingerprint density at radius 1 is 1.35 bits per heavy atom. The molecule has 1 aliphatic rings. The lowest BCUT2D eigenvalue weighted by molar-refractivity contribution is 0.187. The molecule has 0 saturated carbocycles. The fraction of sp³-hybridized carbons (Fsp3) is 0.643. The van der Waals surface area contributed by atoms with Crippen molar-refractivity contribution in [1.29, 1.82) is 0 Å². The summed E-state index contributed by atoms with van der Waals surface area (Å²) in [4.78, 5) is 7.02. The lowest BCUT2D eigenvalue weighted by Gasteiger charge is -2.32. The predicted octanol–water partition coefficient (Wildman–Crippen LogP) is 3.74. The van der Waals surface area contributed by atoms with Gasteiger partial charge >= 0.3 is 0 Å². The molecule has 0 aliphatic carbocycles. The highest BCUT2D eigenvalue weighted by Gasteiger charge is 2.20. The van der Waals surface area contributed by atoms with Crippen molar-refractivity contribution in [2.75, 3.05) is 13.6 Å². The first-order chi connectivity index (χ1) is 8.16. The summed E-state index contributed by atoms with van der Waals surface area (Å²) < 4.78 is 0. The van der Waals surface area contributed by atoms with E-state index >= 15 is 0 Å². The van der Waals surface area contributed by atoms with Crippen LogP contribution in [0.25, 0.3) is 0 Å². The first-order valence-electron chi connectivity index (χ1n) is 6.49. The van der Waals surface area contributed by atoms with Crippen LogP contribution in [0, 0.1) is 0 Å². The molecule has 1 saturated heterocycles. The number of hydrogen-bond donors (Lipinski definition) is 0. The summed E-state index contributed by atoms with van der Waals surface area (Å²) in [6.45, 7) is 5.62. The lowest BCUT2D eigenvalue weighted by atomic mass is 9.97. The molecule has 1 aromatic heterocycles. The zero-order chi connectivity index (χ0) is 12.3. The second-order valence-corrected chi connectivity index (χ2v) is 6.69. The third-order valence-electron chi connectivity index (χ3n) is 3.27. The number of rotatable bonds is 3. The zero-order valence-corrected chi connectivity index (χ0v) is 11.8. The van der Waals surface area contributed by atoms with Gasteiger partial charge in [-0.15, -0.1) is 11.8 Å². The van der Waals surface area contributed by atoms with Crippen molar-refractivity contribution in [3.63, 3.8) is 0 Å². The Morgan fingerprint density at radius 2 is 2.18 bits per heavy atom. The number of nitrogens with zero attached hydrogens (tertiary/aromatic N) is 2. The van der Waals surface area contributed by atoms with Crippen molar-refractivity contribution >= 4 is 11.8 Å². The van der Waals surface area contributed by atoms with E-state index in [1.54, 1.807) is 0 Å². The lowest BCUT2D eigenvalue weighted by Crippen LogP contribution is -2.29. The molecule has 1 fully saturated rings. The maximum Gasteiger partial charge on any atom is 0.0962 e. The monoisotopic (exact) mass is 250 g/mol. The minimum atomic E-state index is 0.578. The molecule has 94 valence electrons. The smallest absolute Gasteiger partial charge is 0.0962 e. The van der Waals surface area contributed by atoms with Crippen LogP contribution in [0.15, 0.2) is 23.4 Å². The molecule has 3 heteroatoms. The maximum atomic E-state index is 4.56. The van der Waals surface area contributed by atoms with Gasteiger partial charge in [0.1, 0.15) is 0 Å². The number of hydrogen-bond acceptors (Lipinski definition) is 3. The number of piperidine rings is 1. The van der Waals surface area contributed by atoms with Crippen molar-refractivity contribution in [1.82, 2.24) is 9.88 Å². The summed E-state index contributed by atoms with van der Waals surface area (Å²) in [7, 11) is 2.22. The molecule has 1 aromatic rings. The molecule has 0 radical (unpaired) electrons. The summed E-state index contributed by atoms with van der Waals surface area (Å²) in [6.07, 6.45) is 6.02. The van der Waals surface area contributed by atoms with Crippen LogP contribution in [0.4, 0.5) is 0 Å². The van der Waals surface area contributed by atoms with E-state index in [0.717, 1.165) is 5.03 Å². The Labute approximate surface area is 109 Å². The van der Waals surface area contributed by atoms with Gasteiger partial charge in [-0.25, -0.2) is 4.98 Å². The maximum absolute atomic E-state index is 4.56. The van der Waals surface area contributed by atoms with Crippen molar-refractivity contribution in [2.24, 2.45) is 0 Å². The number of thioether (sulfide) groups is 1. The molecule has 0 N–H and O–H groups in total. The van der Waals surface area contributed by atoms with Gasteiger partial charge in [-0.05, 0) is 38.1 Å². The van der Waals surface area contributed by atoms with Gasteiger partial charge in [0, 0.05) is 17.5 Å². The van der Waals surface area contributed by atoms with Crippen molar-refractivity contribution < 1.29 is 0 Å². The molecule has 2 nitrogen and oxygen atoms in total. The van der Waals surface area contributed by atoms with E-state index in [9.17, 15) is 0 Å². The number of aromatic nitrogens is 1. The van der Waals surface area contributed by atoms with Crippen LogP contribution in [0.1, 0.15) is 44.7 Å². The average molecular weight is 250 g/mol. The molecule has 0 unspecified atom stereocenters. The topological polar surface area (TPSA) is 16.1 Å². The fourth-order valence-corrected chi connectivity index (χ4v) is 3.14. The Bertz CT molecular complexity index is 348. The molecule has 1 aliphatic heterocycles. The minimum Gasteiger partial charge on any atom is -0.299 e. The van der Waals surface area contributed by atoms with Crippen LogP contribution in [-0.2, 0) is 0 Å². The average Bonchev–Trinajstić information content (AvgIpc) is 2.30. The Balaban J connectivity index is 2.06. The summed E-state index contributed by atoms with van der Waals surface area (Å²) in [6, 6.07) is 5.00. The molecule has 2 rings (SSSR count). The molecule has 1 atom stereocenters. The number of pyridine rings is 1. The van der Waals surface area contributed by atoms with Gasteiger partial charge in [0.15, 0.2) is 0 Å². The summed E-state index contributed by atoms with van der Waals surface area (Å²) in [5.41, 5.74) is 1.38. The number of likely N-dealkylation sites (tertiary alicyclic amines) is 1. The van der Waals surface area contributed by atoms with Crippen LogP contribution in [0.3, 0.4) is 0 Å². The summed E-state index contributed by atoms with van der Waals surface area (Å²) in [5, 5.41) is 1.74. The van der Waals surface area contributed by atoms with Crippen molar-refractivity contribution in [3.05, 3.63) is 23.9 Å². The van der Waals surface area contributed by atoms with Crippen molar-refractivity contribution in [2.45, 2.75) is 49.4 Å². The first kappa shape index (κ1) is 12.9. The highest BCUT2D eigenvalue weighted by Crippen LogP contribution is 2.30. The summed E-state index contributed by atoms with van der Waals surface area (Å²) in [5.74, 6) is 0. The van der Waals surface area contributed by atoms with Crippen LogP contribution in [0.5, 0.6) is 0 Å². The Kier molecular flexibility index (Phi) is 4.46. The largest absolute Gasteiger partial charge is 0.299 e. The second-order valence-electron chi connectivity index (χ2n) is 5.09. The molecular formula is C14H22N2S. The standard InChI is InChI=1S/C14H22N2S/c1-11(2)17-14-8-7-12(10-15-14)13-6-4-5-9-16(13)3/h7-8,10-11,13H,4-6,9H2,1-3H3/t13-/m0/s1. The van der Waals surface area contributed by atoms with Crippen LogP contribution in [-0.4, -0.2) is 28.7 Å². The van der Waals surface area contributed by atoms with Crippen LogP contribution < -0.4 is 0 Å². The molecule has 0 amide bonds. The van der Waals surface area contributed by atoms with Gasteiger partial charge in [0.05, 0.1) is 5.03 Å². The van der Waals surface area contributed by atoms with Gasteiger partial charge in [-0.1, -0.05) is 26.3 Å². The molecule has 0 aromatic carbocycles. The van der Waals surface area contributed by atoms with E-state index in [-0.39, 0.29) is 0 Å². The third-order valence-corrected chi connectivity index (χ3v) is 4.23. The first-order valence-corrected chi connectivity index (χ1v) is 7.37. The molecule has 0 bridgehead atoms. The highest BCUT2D eigenvalue weighted by molar-refractivity contribution is 7.99. The molecular weight excluding hydrogens is 228 g/mol. The quantitative estimate of drug-likeness (QED) is 0.760. The highest BCUT2D eigenvalue weighted by atomic mass is 32.2. The van der Waals surface area contributed by atoms with E-state index in [4.69, 9.17) is 0 Å². The molecule has 0 spiro atoms. The van der Waals surface area contributed by atoms with E-state index < -0.39 is 0 Å². The fourth-order valence-electron chi connectivity index (χ4n) is 2.40. The van der Waals surface area contributed by atoms with Gasteiger partial charge in [-0.3, -0.25) is 4.90 Å². The predicted molar refractivity (Wildman–Crippen MR) is 74.5 cm³/mol. The van der Waals surface area contributed by atoms with Gasteiger partial charge in [-0.2, -0.15) is 0 Å². The van der Waals surface area contributed by atoms with E-state index in [2.05, 4.69) is 49.1 Å².